The van der Waals surface area contributed by atoms with Crippen molar-refractivity contribution in [2.75, 3.05) is 26.8 Å². The van der Waals surface area contributed by atoms with Crippen LogP contribution in [0, 0.1) is 5.92 Å². The van der Waals surface area contributed by atoms with Gasteiger partial charge in [-0.3, -0.25) is 9.59 Å². The Morgan fingerprint density at radius 1 is 1.32 bits per heavy atom. The van der Waals surface area contributed by atoms with E-state index in [2.05, 4.69) is 6.58 Å². The lowest BCUT2D eigenvalue weighted by atomic mass is 9.96. The van der Waals surface area contributed by atoms with Crippen molar-refractivity contribution in [1.82, 2.24) is 4.90 Å². The van der Waals surface area contributed by atoms with Crippen molar-refractivity contribution in [3.8, 4) is 11.5 Å². The molecule has 1 saturated heterocycles. The zero-order valence-corrected chi connectivity index (χ0v) is 14.4. The number of likely N-dealkylation sites (tertiary alicyclic amines) is 1. The van der Waals surface area contributed by atoms with Gasteiger partial charge in [0, 0.05) is 25.1 Å². The van der Waals surface area contributed by atoms with Gasteiger partial charge in [-0.2, -0.15) is 0 Å². The molecule has 1 fully saturated rings. The maximum Gasteiger partial charge on any atom is 0.246 e. The summed E-state index contributed by atoms with van der Waals surface area (Å²) in [5, 5.41) is 0. The molecule has 1 heterocycles. The Morgan fingerprint density at radius 2 is 2.04 bits per heavy atom. The van der Waals surface area contributed by atoms with Gasteiger partial charge < -0.3 is 20.1 Å². The Kier molecular flexibility index (Phi) is 6.62. The Balaban J connectivity index is 1.98. The molecule has 1 aromatic rings. The van der Waals surface area contributed by atoms with Crippen molar-refractivity contribution >= 4 is 17.9 Å². The molecule has 0 saturated carbocycles. The van der Waals surface area contributed by atoms with E-state index in [9.17, 15) is 9.59 Å². The third-order valence-electron chi connectivity index (χ3n) is 4.17. The van der Waals surface area contributed by atoms with Gasteiger partial charge in [0.05, 0.1) is 7.11 Å². The predicted molar refractivity (Wildman–Crippen MR) is 96.2 cm³/mol. The summed E-state index contributed by atoms with van der Waals surface area (Å²) in [6.45, 7) is 5.11. The van der Waals surface area contributed by atoms with E-state index < -0.39 is 0 Å². The minimum atomic E-state index is -0.284. The first kappa shape index (κ1) is 18.6. The molecule has 25 heavy (non-hydrogen) atoms. The van der Waals surface area contributed by atoms with Gasteiger partial charge in [0.25, 0.3) is 0 Å². The van der Waals surface area contributed by atoms with Crippen LogP contribution in [-0.2, 0) is 9.59 Å². The largest absolute Gasteiger partial charge is 0.493 e. The summed E-state index contributed by atoms with van der Waals surface area (Å²) >= 11 is 0. The van der Waals surface area contributed by atoms with Crippen molar-refractivity contribution in [2.24, 2.45) is 11.7 Å². The summed E-state index contributed by atoms with van der Waals surface area (Å²) in [5.41, 5.74) is 6.15. The minimum Gasteiger partial charge on any atom is -0.493 e. The van der Waals surface area contributed by atoms with Crippen LogP contribution in [-0.4, -0.2) is 43.5 Å². The smallest absolute Gasteiger partial charge is 0.246 e. The zero-order valence-electron chi connectivity index (χ0n) is 14.4. The molecule has 0 radical (unpaired) electrons. The van der Waals surface area contributed by atoms with Crippen LogP contribution >= 0.6 is 0 Å². The quantitative estimate of drug-likeness (QED) is 0.606. The fourth-order valence-electron chi connectivity index (χ4n) is 2.71. The Bertz CT molecular complexity index is 661. The van der Waals surface area contributed by atoms with E-state index in [1.165, 1.54) is 6.08 Å². The highest BCUT2D eigenvalue weighted by molar-refractivity contribution is 5.92. The Morgan fingerprint density at radius 3 is 2.64 bits per heavy atom. The third-order valence-corrected chi connectivity index (χ3v) is 4.17. The number of nitrogens with two attached hydrogens (primary N) is 1. The number of benzene rings is 1. The van der Waals surface area contributed by atoms with E-state index in [1.807, 2.05) is 12.1 Å². The van der Waals surface area contributed by atoms with E-state index in [-0.39, 0.29) is 17.7 Å². The number of methoxy groups -OCH3 is 1. The molecule has 1 aliphatic heterocycles. The average molecular weight is 344 g/mol. The molecule has 2 N–H and O–H groups in total. The molecule has 0 unspecified atom stereocenters. The second-order valence-corrected chi connectivity index (χ2v) is 5.85. The topological polar surface area (TPSA) is 81.9 Å². The average Bonchev–Trinajstić information content (AvgIpc) is 2.64. The van der Waals surface area contributed by atoms with Gasteiger partial charge in [0.1, 0.15) is 6.61 Å². The third kappa shape index (κ3) is 5.11. The molecule has 6 heteroatoms. The second-order valence-electron chi connectivity index (χ2n) is 5.85. The number of amides is 2. The molecule has 6 nitrogen and oxygen atoms in total. The lowest BCUT2D eigenvalue weighted by Gasteiger charge is -2.29. The maximum atomic E-state index is 12.3. The van der Waals surface area contributed by atoms with Crippen LogP contribution in [0.15, 0.2) is 36.9 Å². The first-order valence-electron chi connectivity index (χ1n) is 8.23. The highest BCUT2D eigenvalue weighted by atomic mass is 16.5. The van der Waals surface area contributed by atoms with Crippen molar-refractivity contribution in [2.45, 2.75) is 12.8 Å². The highest BCUT2D eigenvalue weighted by Gasteiger charge is 2.24. The molecule has 0 bridgehead atoms. The summed E-state index contributed by atoms with van der Waals surface area (Å²) < 4.78 is 10.8. The summed E-state index contributed by atoms with van der Waals surface area (Å²) in [6.07, 6.45) is 6.18. The molecule has 0 aromatic heterocycles. The number of nitrogens with zero attached hydrogens (tertiary/aromatic N) is 1. The normalized spacial score (nSPS) is 15.2. The first-order chi connectivity index (χ1) is 12.0. The van der Waals surface area contributed by atoms with Crippen molar-refractivity contribution in [1.29, 1.82) is 0 Å². The number of piperidine rings is 1. The van der Waals surface area contributed by atoms with Crippen LogP contribution in [0.5, 0.6) is 11.5 Å². The van der Waals surface area contributed by atoms with Crippen LogP contribution in [0.4, 0.5) is 0 Å². The number of carbonyl (C=O) groups is 2. The monoisotopic (exact) mass is 344 g/mol. The van der Waals surface area contributed by atoms with Gasteiger partial charge in [-0.25, -0.2) is 0 Å². The number of hydrogen-bond acceptors (Lipinski definition) is 4. The van der Waals surface area contributed by atoms with E-state index >= 15 is 0 Å². The van der Waals surface area contributed by atoms with E-state index in [1.54, 1.807) is 30.2 Å². The molecular weight excluding hydrogens is 320 g/mol. The van der Waals surface area contributed by atoms with E-state index in [0.717, 1.165) is 5.56 Å². The number of ether oxygens (including phenoxy) is 2. The second kappa shape index (κ2) is 8.92. The van der Waals surface area contributed by atoms with Crippen molar-refractivity contribution < 1.29 is 19.1 Å². The molecule has 1 aliphatic rings. The fourth-order valence-corrected chi connectivity index (χ4v) is 2.71. The molecule has 1 aromatic carbocycles. The van der Waals surface area contributed by atoms with Crippen LogP contribution in [0.1, 0.15) is 18.4 Å². The van der Waals surface area contributed by atoms with Gasteiger partial charge in [-0.15, -0.1) is 0 Å². The molecule has 0 spiro atoms. The summed E-state index contributed by atoms with van der Waals surface area (Å²) in [7, 11) is 1.57. The van der Waals surface area contributed by atoms with E-state index in [0.29, 0.717) is 44.0 Å². The molecule has 2 amide bonds. The Hall–Kier alpha value is -2.76. The summed E-state index contributed by atoms with van der Waals surface area (Å²) in [6, 6.07) is 5.45. The van der Waals surface area contributed by atoms with Crippen molar-refractivity contribution in [3.63, 3.8) is 0 Å². The van der Waals surface area contributed by atoms with Crippen LogP contribution < -0.4 is 15.2 Å². The molecule has 0 atom stereocenters. The molecular formula is C19H24N2O4. The fraction of sp³-hybridized carbons (Fsp3) is 0.368. The lowest BCUT2D eigenvalue weighted by Crippen LogP contribution is -2.41. The molecule has 134 valence electrons. The first-order valence-corrected chi connectivity index (χ1v) is 8.23. The SMILES string of the molecule is C=CCOc1ccc(/C=C/C(=O)N2CCC(C(N)=O)CC2)cc1OC. The summed E-state index contributed by atoms with van der Waals surface area (Å²) in [5.74, 6) is 0.737. The van der Waals surface area contributed by atoms with Crippen LogP contribution in [0.2, 0.25) is 0 Å². The van der Waals surface area contributed by atoms with Gasteiger partial charge in [0.2, 0.25) is 11.8 Å². The minimum absolute atomic E-state index is 0.0751. The van der Waals surface area contributed by atoms with Gasteiger partial charge in [0.15, 0.2) is 11.5 Å². The zero-order chi connectivity index (χ0) is 18.2. The Labute approximate surface area is 147 Å². The van der Waals surface area contributed by atoms with Crippen molar-refractivity contribution in [3.05, 3.63) is 42.5 Å². The number of carbonyl (C=O) groups excluding carboxylic acids is 2. The number of hydrogen-bond donors (Lipinski definition) is 1. The van der Waals surface area contributed by atoms with E-state index in [4.69, 9.17) is 15.2 Å². The van der Waals surface area contributed by atoms with Gasteiger partial charge in [-0.1, -0.05) is 18.7 Å². The molecule has 2 rings (SSSR count). The van der Waals surface area contributed by atoms with Crippen LogP contribution in [0.3, 0.4) is 0 Å². The highest BCUT2D eigenvalue weighted by Crippen LogP contribution is 2.28. The van der Waals surface area contributed by atoms with Gasteiger partial charge in [-0.05, 0) is 36.6 Å². The van der Waals surface area contributed by atoms with Crippen LogP contribution in [0.25, 0.3) is 6.08 Å². The number of primary amides is 1. The lowest BCUT2D eigenvalue weighted by molar-refractivity contribution is -0.130. The number of rotatable bonds is 7. The predicted octanol–water partition coefficient (Wildman–Crippen LogP) is 2.00. The maximum absolute atomic E-state index is 12.3. The van der Waals surface area contributed by atoms with Gasteiger partial charge >= 0.3 is 0 Å². The summed E-state index contributed by atoms with van der Waals surface area (Å²) in [4.78, 5) is 25.2. The molecule has 0 aliphatic carbocycles. The standard InChI is InChI=1S/C19H24N2O4/c1-3-12-25-16-6-4-14(13-17(16)24-2)5-7-18(22)21-10-8-15(9-11-21)19(20)23/h3-7,13,15H,1,8-12H2,2H3,(H2,20,23)/b7-5+.